The molecule has 1 aromatic rings. The number of methoxy groups -OCH3 is 1. The minimum Gasteiger partial charge on any atom is -0.465 e. The van der Waals surface area contributed by atoms with E-state index >= 15 is 0 Å². The average Bonchev–Trinajstić information content (AvgIpc) is 2.35. The second-order valence-electron chi connectivity index (χ2n) is 3.36. The molecular formula is C11H9F3N2O3. The van der Waals surface area contributed by atoms with Crippen LogP contribution in [-0.4, -0.2) is 19.4 Å². The number of alkyl halides is 3. The molecule has 0 radical (unpaired) electrons. The van der Waals surface area contributed by atoms with E-state index in [0.717, 1.165) is 19.2 Å². The van der Waals surface area contributed by atoms with Crippen molar-refractivity contribution in [2.24, 2.45) is 5.73 Å². The SMILES string of the molecule is COC(=O)c1cc(C#N)c(CN)cc1OC(F)(F)F. The Kier molecular flexibility index (Phi) is 4.34. The maximum absolute atomic E-state index is 12.2. The Morgan fingerprint density at radius 2 is 2.11 bits per heavy atom. The van der Waals surface area contributed by atoms with Crippen LogP contribution in [0.2, 0.25) is 0 Å². The number of rotatable bonds is 3. The normalized spacial score (nSPS) is 10.7. The number of nitriles is 1. The van der Waals surface area contributed by atoms with E-state index in [1.807, 2.05) is 0 Å². The highest BCUT2D eigenvalue weighted by molar-refractivity contribution is 5.93. The molecule has 19 heavy (non-hydrogen) atoms. The second kappa shape index (κ2) is 5.58. The van der Waals surface area contributed by atoms with E-state index in [-0.39, 0.29) is 17.7 Å². The second-order valence-corrected chi connectivity index (χ2v) is 3.36. The first-order valence-corrected chi connectivity index (χ1v) is 4.93. The van der Waals surface area contributed by atoms with Crippen molar-refractivity contribution in [3.8, 4) is 11.8 Å². The molecular weight excluding hydrogens is 265 g/mol. The monoisotopic (exact) mass is 274 g/mol. The third-order valence-electron chi connectivity index (χ3n) is 2.18. The molecule has 102 valence electrons. The molecule has 0 heterocycles. The molecule has 0 atom stereocenters. The summed E-state index contributed by atoms with van der Waals surface area (Å²) in [5, 5.41) is 8.83. The molecule has 2 N–H and O–H groups in total. The highest BCUT2D eigenvalue weighted by Crippen LogP contribution is 2.29. The van der Waals surface area contributed by atoms with Crippen LogP contribution in [0.1, 0.15) is 21.5 Å². The molecule has 5 nitrogen and oxygen atoms in total. The third-order valence-corrected chi connectivity index (χ3v) is 2.18. The average molecular weight is 274 g/mol. The van der Waals surface area contributed by atoms with Gasteiger partial charge in [0.05, 0.1) is 18.7 Å². The van der Waals surface area contributed by atoms with Gasteiger partial charge in [0.2, 0.25) is 0 Å². The summed E-state index contributed by atoms with van der Waals surface area (Å²) >= 11 is 0. The number of hydrogen-bond donors (Lipinski definition) is 1. The number of benzene rings is 1. The van der Waals surface area contributed by atoms with Crippen LogP contribution in [-0.2, 0) is 11.3 Å². The molecule has 0 aliphatic rings. The van der Waals surface area contributed by atoms with Crippen molar-refractivity contribution in [2.45, 2.75) is 12.9 Å². The van der Waals surface area contributed by atoms with Gasteiger partial charge < -0.3 is 15.2 Å². The molecule has 0 aliphatic heterocycles. The Bertz CT molecular complexity index is 535. The number of ether oxygens (including phenoxy) is 2. The zero-order valence-electron chi connectivity index (χ0n) is 9.75. The number of esters is 1. The molecule has 0 saturated carbocycles. The van der Waals surface area contributed by atoms with E-state index in [1.165, 1.54) is 0 Å². The minimum absolute atomic E-state index is 0.0163. The Morgan fingerprint density at radius 1 is 1.47 bits per heavy atom. The van der Waals surface area contributed by atoms with Gasteiger partial charge in [-0.05, 0) is 17.7 Å². The zero-order valence-corrected chi connectivity index (χ0v) is 9.75. The number of hydrogen-bond acceptors (Lipinski definition) is 5. The van der Waals surface area contributed by atoms with Gasteiger partial charge in [-0.25, -0.2) is 4.79 Å². The third kappa shape index (κ3) is 3.59. The van der Waals surface area contributed by atoms with Crippen LogP contribution < -0.4 is 10.5 Å². The topological polar surface area (TPSA) is 85.3 Å². The van der Waals surface area contributed by atoms with Crippen LogP contribution >= 0.6 is 0 Å². The van der Waals surface area contributed by atoms with E-state index in [1.54, 1.807) is 6.07 Å². The predicted octanol–water partition coefficient (Wildman–Crippen LogP) is 1.70. The summed E-state index contributed by atoms with van der Waals surface area (Å²) in [6.45, 7) is -0.168. The molecule has 0 amide bonds. The summed E-state index contributed by atoms with van der Waals surface area (Å²) in [6.07, 6.45) is -4.97. The summed E-state index contributed by atoms with van der Waals surface area (Å²) in [6, 6.07) is 3.59. The summed E-state index contributed by atoms with van der Waals surface area (Å²) in [5.74, 6) is -1.79. The smallest absolute Gasteiger partial charge is 0.465 e. The lowest BCUT2D eigenvalue weighted by Crippen LogP contribution is -2.20. The van der Waals surface area contributed by atoms with Crippen molar-refractivity contribution in [1.82, 2.24) is 0 Å². The van der Waals surface area contributed by atoms with Crippen molar-refractivity contribution in [3.63, 3.8) is 0 Å². The van der Waals surface area contributed by atoms with Gasteiger partial charge >= 0.3 is 12.3 Å². The van der Waals surface area contributed by atoms with Crippen molar-refractivity contribution in [2.75, 3.05) is 7.11 Å². The molecule has 1 aromatic carbocycles. The summed E-state index contributed by atoms with van der Waals surface area (Å²) in [7, 11) is 1.00. The lowest BCUT2D eigenvalue weighted by molar-refractivity contribution is -0.274. The molecule has 0 saturated heterocycles. The van der Waals surface area contributed by atoms with Gasteiger partial charge in [0.15, 0.2) is 0 Å². The number of carbonyl (C=O) groups is 1. The molecule has 0 aromatic heterocycles. The summed E-state index contributed by atoms with van der Waals surface area (Å²) in [5.41, 5.74) is 4.94. The van der Waals surface area contributed by atoms with Crippen LogP contribution in [0.25, 0.3) is 0 Å². The van der Waals surface area contributed by atoms with Gasteiger partial charge in [-0.3, -0.25) is 0 Å². The first-order valence-electron chi connectivity index (χ1n) is 4.93. The summed E-state index contributed by atoms with van der Waals surface area (Å²) in [4.78, 5) is 11.4. The Balaban J connectivity index is 3.41. The zero-order chi connectivity index (χ0) is 14.6. The minimum atomic E-state index is -4.97. The quantitative estimate of drug-likeness (QED) is 0.848. The molecule has 0 unspecified atom stereocenters. The van der Waals surface area contributed by atoms with Gasteiger partial charge in [-0.15, -0.1) is 13.2 Å². The maximum atomic E-state index is 12.2. The Labute approximate surface area is 106 Å². The first kappa shape index (κ1) is 14.8. The highest BCUT2D eigenvalue weighted by Gasteiger charge is 2.33. The van der Waals surface area contributed by atoms with Crippen LogP contribution in [0.4, 0.5) is 13.2 Å². The van der Waals surface area contributed by atoms with Gasteiger partial charge in [0, 0.05) is 6.54 Å². The largest absolute Gasteiger partial charge is 0.573 e. The number of nitrogens with two attached hydrogens (primary N) is 1. The molecule has 1 rings (SSSR count). The van der Waals surface area contributed by atoms with Crippen LogP contribution in [0.3, 0.4) is 0 Å². The van der Waals surface area contributed by atoms with E-state index in [2.05, 4.69) is 9.47 Å². The van der Waals surface area contributed by atoms with E-state index in [0.29, 0.717) is 0 Å². The number of carbonyl (C=O) groups excluding carboxylic acids is 1. The fraction of sp³-hybridized carbons (Fsp3) is 0.273. The van der Waals surface area contributed by atoms with E-state index in [9.17, 15) is 18.0 Å². The molecule has 8 heteroatoms. The van der Waals surface area contributed by atoms with Crippen molar-refractivity contribution in [3.05, 3.63) is 28.8 Å². The van der Waals surface area contributed by atoms with Gasteiger partial charge in [-0.2, -0.15) is 5.26 Å². The molecule has 0 spiro atoms. The van der Waals surface area contributed by atoms with Crippen LogP contribution in [0.5, 0.6) is 5.75 Å². The van der Waals surface area contributed by atoms with Crippen molar-refractivity contribution < 1.29 is 27.4 Å². The lowest BCUT2D eigenvalue weighted by Gasteiger charge is -2.14. The molecule has 0 fully saturated rings. The number of nitrogens with zero attached hydrogens (tertiary/aromatic N) is 1. The van der Waals surface area contributed by atoms with Gasteiger partial charge in [0.25, 0.3) is 0 Å². The number of halogens is 3. The fourth-order valence-electron chi connectivity index (χ4n) is 1.37. The van der Waals surface area contributed by atoms with Crippen molar-refractivity contribution in [1.29, 1.82) is 5.26 Å². The van der Waals surface area contributed by atoms with E-state index < -0.39 is 23.6 Å². The fourth-order valence-corrected chi connectivity index (χ4v) is 1.37. The summed E-state index contributed by atoms with van der Waals surface area (Å²) < 4.78 is 44.8. The maximum Gasteiger partial charge on any atom is 0.573 e. The molecule has 0 bridgehead atoms. The standard InChI is InChI=1S/C11H9F3N2O3/c1-18-10(17)8-2-6(4-15)7(5-16)3-9(8)19-11(12,13)14/h2-3H,5,16H2,1H3. The Morgan fingerprint density at radius 3 is 2.53 bits per heavy atom. The lowest BCUT2D eigenvalue weighted by atomic mass is 10.0. The molecule has 0 aliphatic carbocycles. The van der Waals surface area contributed by atoms with Gasteiger partial charge in [0.1, 0.15) is 11.3 Å². The first-order chi connectivity index (χ1) is 8.82. The predicted molar refractivity (Wildman–Crippen MR) is 57.1 cm³/mol. The van der Waals surface area contributed by atoms with Gasteiger partial charge in [-0.1, -0.05) is 0 Å². The van der Waals surface area contributed by atoms with Crippen LogP contribution in [0.15, 0.2) is 12.1 Å². The van der Waals surface area contributed by atoms with E-state index in [4.69, 9.17) is 11.0 Å². The Hall–Kier alpha value is -2.27. The van der Waals surface area contributed by atoms with Crippen molar-refractivity contribution >= 4 is 5.97 Å². The van der Waals surface area contributed by atoms with Crippen LogP contribution in [0, 0.1) is 11.3 Å². The highest BCUT2D eigenvalue weighted by atomic mass is 19.4.